The van der Waals surface area contributed by atoms with E-state index in [0.29, 0.717) is 13.1 Å². The maximum atomic E-state index is 11.2. The van der Waals surface area contributed by atoms with E-state index in [1.807, 2.05) is 30.3 Å². The molecule has 0 aliphatic rings. The van der Waals surface area contributed by atoms with Crippen LogP contribution in [0.4, 0.5) is 0 Å². The van der Waals surface area contributed by atoms with Gasteiger partial charge in [0.1, 0.15) is 0 Å². The van der Waals surface area contributed by atoms with Crippen LogP contribution in [0.5, 0.6) is 0 Å². The van der Waals surface area contributed by atoms with Crippen molar-refractivity contribution in [3.8, 4) is 0 Å². The second-order valence-corrected chi connectivity index (χ2v) is 4.70. The monoisotopic (exact) mass is 212 g/mol. The lowest BCUT2D eigenvalue weighted by atomic mass is 10.2. The van der Waals surface area contributed by atoms with Gasteiger partial charge >= 0.3 is 0 Å². The SMILES string of the molecule is [CH2]S(=O)(=O)N(CC)Cc1ccccc1. The van der Waals surface area contributed by atoms with E-state index in [1.54, 1.807) is 6.92 Å². The predicted molar refractivity (Wildman–Crippen MR) is 56.8 cm³/mol. The Morgan fingerprint density at radius 1 is 1.29 bits per heavy atom. The van der Waals surface area contributed by atoms with Crippen LogP contribution < -0.4 is 0 Å². The van der Waals surface area contributed by atoms with Crippen LogP contribution in [0.15, 0.2) is 30.3 Å². The Morgan fingerprint density at radius 3 is 2.29 bits per heavy atom. The Labute approximate surface area is 85.4 Å². The van der Waals surface area contributed by atoms with Crippen LogP contribution in [0.1, 0.15) is 12.5 Å². The third kappa shape index (κ3) is 3.12. The third-order valence-electron chi connectivity index (χ3n) is 1.95. The van der Waals surface area contributed by atoms with Gasteiger partial charge in [-0.25, -0.2) is 8.42 Å². The Balaban J connectivity index is 2.77. The fourth-order valence-electron chi connectivity index (χ4n) is 1.19. The van der Waals surface area contributed by atoms with Crippen LogP contribution in [0.3, 0.4) is 0 Å². The van der Waals surface area contributed by atoms with E-state index in [9.17, 15) is 8.42 Å². The van der Waals surface area contributed by atoms with Gasteiger partial charge in [0.15, 0.2) is 0 Å². The molecule has 4 heteroatoms. The molecule has 0 saturated heterocycles. The Morgan fingerprint density at radius 2 is 1.86 bits per heavy atom. The van der Waals surface area contributed by atoms with Gasteiger partial charge in [-0.1, -0.05) is 37.3 Å². The van der Waals surface area contributed by atoms with E-state index in [4.69, 9.17) is 0 Å². The lowest BCUT2D eigenvalue weighted by Gasteiger charge is -2.17. The van der Waals surface area contributed by atoms with Gasteiger partial charge in [-0.2, -0.15) is 4.31 Å². The number of benzene rings is 1. The van der Waals surface area contributed by atoms with E-state index in [2.05, 4.69) is 6.26 Å². The van der Waals surface area contributed by atoms with Crippen molar-refractivity contribution in [3.63, 3.8) is 0 Å². The predicted octanol–water partition coefficient (Wildman–Crippen LogP) is 1.63. The van der Waals surface area contributed by atoms with Gasteiger partial charge in [-0.05, 0) is 5.56 Å². The summed E-state index contributed by atoms with van der Waals surface area (Å²) in [5.41, 5.74) is 0.974. The molecule has 77 valence electrons. The van der Waals surface area contributed by atoms with E-state index >= 15 is 0 Å². The van der Waals surface area contributed by atoms with Gasteiger partial charge in [0, 0.05) is 13.1 Å². The van der Waals surface area contributed by atoms with Gasteiger partial charge in [0.05, 0.1) is 6.26 Å². The van der Waals surface area contributed by atoms with Gasteiger partial charge in [0.25, 0.3) is 0 Å². The molecule has 0 heterocycles. The van der Waals surface area contributed by atoms with Crippen molar-refractivity contribution in [2.45, 2.75) is 13.5 Å². The molecule has 3 nitrogen and oxygen atoms in total. The zero-order valence-corrected chi connectivity index (χ0v) is 9.00. The van der Waals surface area contributed by atoms with Crippen molar-refractivity contribution in [1.29, 1.82) is 0 Å². The molecular formula is C10H14NO2S. The van der Waals surface area contributed by atoms with E-state index in [-0.39, 0.29) is 0 Å². The molecule has 0 amide bonds. The molecule has 1 rings (SSSR count). The fourth-order valence-corrected chi connectivity index (χ4v) is 1.93. The van der Waals surface area contributed by atoms with Crippen molar-refractivity contribution < 1.29 is 8.42 Å². The summed E-state index contributed by atoms with van der Waals surface area (Å²) in [5, 5.41) is 0. The van der Waals surface area contributed by atoms with Crippen LogP contribution in [0, 0.1) is 6.26 Å². The lowest BCUT2D eigenvalue weighted by Crippen LogP contribution is -2.27. The first kappa shape index (κ1) is 11.2. The van der Waals surface area contributed by atoms with Gasteiger partial charge < -0.3 is 0 Å². The first-order valence-electron chi connectivity index (χ1n) is 4.41. The maximum Gasteiger partial charge on any atom is 0.215 e. The molecule has 0 N–H and O–H groups in total. The second-order valence-electron chi connectivity index (χ2n) is 3.02. The molecule has 0 spiro atoms. The van der Waals surface area contributed by atoms with Crippen molar-refractivity contribution in [1.82, 2.24) is 4.31 Å². The normalized spacial score (nSPS) is 11.9. The zero-order chi connectivity index (χ0) is 10.6. The number of sulfonamides is 1. The van der Waals surface area contributed by atoms with E-state index in [1.165, 1.54) is 4.31 Å². The molecule has 0 fully saturated rings. The maximum absolute atomic E-state index is 11.2. The highest BCUT2D eigenvalue weighted by Crippen LogP contribution is 2.07. The third-order valence-corrected chi connectivity index (χ3v) is 3.12. The van der Waals surface area contributed by atoms with E-state index in [0.717, 1.165) is 5.56 Å². The van der Waals surface area contributed by atoms with Gasteiger partial charge in [0.2, 0.25) is 10.0 Å². The first-order valence-corrected chi connectivity index (χ1v) is 6.02. The highest BCUT2D eigenvalue weighted by Gasteiger charge is 2.14. The summed E-state index contributed by atoms with van der Waals surface area (Å²) >= 11 is 0. The Kier molecular flexibility index (Phi) is 3.66. The zero-order valence-electron chi connectivity index (χ0n) is 8.18. The Bertz CT molecular complexity index is 372. The smallest absolute Gasteiger partial charge is 0.212 e. The first-order chi connectivity index (χ1) is 6.54. The molecule has 0 aliphatic heterocycles. The van der Waals surface area contributed by atoms with Crippen LogP contribution in [0.25, 0.3) is 0 Å². The number of rotatable bonds is 4. The number of hydrogen-bond donors (Lipinski definition) is 0. The standard InChI is InChI=1S/C10H14NO2S/c1-3-11(14(2,12)13)9-10-7-5-4-6-8-10/h4-8H,2-3,9H2,1H3. The largest absolute Gasteiger partial charge is 0.215 e. The molecule has 1 radical (unpaired) electrons. The van der Waals surface area contributed by atoms with Crippen LogP contribution in [-0.2, 0) is 16.6 Å². The molecule has 1 aromatic carbocycles. The molecular weight excluding hydrogens is 198 g/mol. The van der Waals surface area contributed by atoms with Gasteiger partial charge in [-0.15, -0.1) is 0 Å². The topological polar surface area (TPSA) is 37.4 Å². The number of hydrogen-bond acceptors (Lipinski definition) is 2. The van der Waals surface area contributed by atoms with Gasteiger partial charge in [-0.3, -0.25) is 0 Å². The average molecular weight is 212 g/mol. The molecule has 0 atom stereocenters. The molecule has 1 aromatic rings. The van der Waals surface area contributed by atoms with Crippen molar-refractivity contribution in [2.75, 3.05) is 6.54 Å². The minimum atomic E-state index is -3.33. The van der Waals surface area contributed by atoms with E-state index < -0.39 is 10.0 Å². The summed E-state index contributed by atoms with van der Waals surface area (Å²) < 4.78 is 23.7. The fraction of sp³-hybridized carbons (Fsp3) is 0.300. The summed E-state index contributed by atoms with van der Waals surface area (Å²) in [6.45, 7) is 2.63. The molecule has 0 aliphatic carbocycles. The molecule has 0 bridgehead atoms. The van der Waals surface area contributed by atoms with Crippen molar-refractivity contribution in [2.24, 2.45) is 0 Å². The lowest BCUT2D eigenvalue weighted by molar-refractivity contribution is 0.430. The minimum absolute atomic E-state index is 0.392. The summed E-state index contributed by atoms with van der Waals surface area (Å²) in [6.07, 6.45) is 3.14. The van der Waals surface area contributed by atoms with Crippen LogP contribution in [0.2, 0.25) is 0 Å². The molecule has 0 saturated carbocycles. The molecule has 0 unspecified atom stereocenters. The number of nitrogens with zero attached hydrogens (tertiary/aromatic N) is 1. The second kappa shape index (κ2) is 4.57. The summed E-state index contributed by atoms with van der Waals surface area (Å²) in [7, 11) is -3.33. The summed E-state index contributed by atoms with van der Waals surface area (Å²) in [5.74, 6) is 0. The van der Waals surface area contributed by atoms with Crippen molar-refractivity contribution >= 4 is 10.0 Å². The average Bonchev–Trinajstić information content (AvgIpc) is 2.14. The highest BCUT2D eigenvalue weighted by atomic mass is 32.2. The summed E-state index contributed by atoms with van der Waals surface area (Å²) in [6, 6.07) is 9.47. The van der Waals surface area contributed by atoms with Crippen LogP contribution >= 0.6 is 0 Å². The van der Waals surface area contributed by atoms with Crippen molar-refractivity contribution in [3.05, 3.63) is 42.2 Å². The Hall–Kier alpha value is -0.870. The van der Waals surface area contributed by atoms with Crippen LogP contribution in [-0.4, -0.2) is 19.3 Å². The molecule has 0 aromatic heterocycles. The molecule has 14 heavy (non-hydrogen) atoms. The summed E-state index contributed by atoms with van der Waals surface area (Å²) in [4.78, 5) is 0. The highest BCUT2D eigenvalue weighted by molar-refractivity contribution is 7.90. The quantitative estimate of drug-likeness (QED) is 0.760. The minimum Gasteiger partial charge on any atom is -0.212 e.